The van der Waals surface area contributed by atoms with E-state index in [1.54, 1.807) is 7.05 Å². The van der Waals surface area contributed by atoms with Gasteiger partial charge in [-0.3, -0.25) is 4.79 Å². The Kier molecular flexibility index (Phi) is 4.11. The Labute approximate surface area is 90.9 Å². The van der Waals surface area contributed by atoms with Crippen molar-refractivity contribution in [3.8, 4) is 0 Å². The van der Waals surface area contributed by atoms with E-state index in [9.17, 15) is 9.59 Å². The number of nitrogens with zero attached hydrogens (tertiary/aromatic N) is 1. The molecule has 0 unspecified atom stereocenters. The van der Waals surface area contributed by atoms with Crippen LogP contribution >= 0.6 is 11.8 Å². The van der Waals surface area contributed by atoms with Crippen LogP contribution in [-0.2, 0) is 4.79 Å². The molecular weight excluding hydrogens is 216 g/mol. The normalized spacial score (nSPS) is 9.67. The van der Waals surface area contributed by atoms with E-state index >= 15 is 0 Å². The van der Waals surface area contributed by atoms with Crippen LogP contribution in [0.15, 0.2) is 23.4 Å². The SMILES string of the molecule is CNC(=O)CSc1cc(C(=O)O)ccn1. The zero-order valence-corrected chi connectivity index (χ0v) is 8.87. The van der Waals surface area contributed by atoms with Crippen LogP contribution in [0.1, 0.15) is 10.4 Å². The van der Waals surface area contributed by atoms with Crippen LogP contribution < -0.4 is 5.32 Å². The van der Waals surface area contributed by atoms with Crippen LogP contribution in [-0.4, -0.2) is 34.8 Å². The molecule has 0 aliphatic carbocycles. The summed E-state index contributed by atoms with van der Waals surface area (Å²) >= 11 is 1.20. The van der Waals surface area contributed by atoms with E-state index in [1.807, 2.05) is 0 Å². The second-order valence-corrected chi connectivity index (χ2v) is 3.65. The molecule has 2 N–H and O–H groups in total. The zero-order valence-electron chi connectivity index (χ0n) is 8.06. The van der Waals surface area contributed by atoms with E-state index in [2.05, 4.69) is 10.3 Å². The third kappa shape index (κ3) is 3.59. The number of carboxylic acids is 1. The first kappa shape index (κ1) is 11.5. The molecule has 0 aliphatic heterocycles. The molecule has 6 heteroatoms. The van der Waals surface area contributed by atoms with Crippen LogP contribution in [0.25, 0.3) is 0 Å². The largest absolute Gasteiger partial charge is 0.478 e. The number of aromatic nitrogens is 1. The average molecular weight is 226 g/mol. The summed E-state index contributed by atoms with van der Waals surface area (Å²) in [6, 6.07) is 2.85. The van der Waals surface area contributed by atoms with Gasteiger partial charge in [0.2, 0.25) is 5.91 Å². The van der Waals surface area contributed by atoms with Crippen molar-refractivity contribution < 1.29 is 14.7 Å². The number of aromatic carboxylic acids is 1. The number of carbonyl (C=O) groups is 2. The van der Waals surface area contributed by atoms with Crippen LogP contribution in [0.5, 0.6) is 0 Å². The van der Waals surface area contributed by atoms with E-state index < -0.39 is 5.97 Å². The van der Waals surface area contributed by atoms with Gasteiger partial charge in [-0.25, -0.2) is 9.78 Å². The summed E-state index contributed by atoms with van der Waals surface area (Å²) in [5, 5.41) is 11.7. The Morgan fingerprint density at radius 2 is 2.33 bits per heavy atom. The summed E-state index contributed by atoms with van der Waals surface area (Å²) < 4.78 is 0. The third-order valence-electron chi connectivity index (χ3n) is 1.61. The van der Waals surface area contributed by atoms with Crippen LogP contribution in [0.4, 0.5) is 0 Å². The van der Waals surface area contributed by atoms with Gasteiger partial charge in [0, 0.05) is 13.2 Å². The Hall–Kier alpha value is -1.56. The van der Waals surface area contributed by atoms with Crippen LogP contribution in [0.2, 0.25) is 0 Å². The summed E-state index contributed by atoms with van der Waals surface area (Å²) in [6.45, 7) is 0. The molecule has 0 saturated heterocycles. The monoisotopic (exact) mass is 226 g/mol. The minimum absolute atomic E-state index is 0.123. The number of rotatable bonds is 4. The predicted molar refractivity (Wildman–Crippen MR) is 56.0 cm³/mol. The highest BCUT2D eigenvalue weighted by Crippen LogP contribution is 2.15. The summed E-state index contributed by atoms with van der Waals surface area (Å²) in [5.74, 6) is -0.895. The molecule has 0 atom stereocenters. The van der Waals surface area contributed by atoms with E-state index in [4.69, 9.17) is 5.11 Å². The number of hydrogen-bond donors (Lipinski definition) is 2. The predicted octanol–water partition coefficient (Wildman–Crippen LogP) is 0.618. The Morgan fingerprint density at radius 3 is 2.93 bits per heavy atom. The molecule has 0 bridgehead atoms. The minimum Gasteiger partial charge on any atom is -0.478 e. The Balaban J connectivity index is 2.66. The molecule has 0 radical (unpaired) electrons. The first-order chi connectivity index (χ1) is 7.13. The standard InChI is InChI=1S/C9H10N2O3S/c1-10-7(12)5-15-8-4-6(9(13)14)2-3-11-8/h2-4H,5H2,1H3,(H,10,12)(H,13,14). The number of amides is 1. The van der Waals surface area contributed by atoms with Gasteiger partial charge in [0.05, 0.1) is 16.3 Å². The van der Waals surface area contributed by atoms with Gasteiger partial charge < -0.3 is 10.4 Å². The first-order valence-electron chi connectivity index (χ1n) is 4.16. The first-order valence-corrected chi connectivity index (χ1v) is 5.14. The lowest BCUT2D eigenvalue weighted by Gasteiger charge is -2.00. The molecule has 1 amide bonds. The maximum absolute atomic E-state index is 10.9. The molecule has 0 saturated carbocycles. The molecular formula is C9H10N2O3S. The van der Waals surface area contributed by atoms with Crippen molar-refractivity contribution in [3.63, 3.8) is 0 Å². The van der Waals surface area contributed by atoms with Crippen molar-refractivity contribution in [2.75, 3.05) is 12.8 Å². The molecule has 80 valence electrons. The second kappa shape index (κ2) is 5.35. The van der Waals surface area contributed by atoms with E-state index in [0.29, 0.717) is 5.03 Å². The minimum atomic E-state index is -1.00. The highest BCUT2D eigenvalue weighted by atomic mass is 32.2. The third-order valence-corrected chi connectivity index (χ3v) is 2.54. The highest BCUT2D eigenvalue weighted by Gasteiger charge is 2.06. The van der Waals surface area contributed by atoms with Crippen molar-refractivity contribution in [2.45, 2.75) is 5.03 Å². The lowest BCUT2D eigenvalue weighted by atomic mass is 10.3. The van der Waals surface area contributed by atoms with E-state index in [-0.39, 0.29) is 17.2 Å². The number of hydrogen-bond acceptors (Lipinski definition) is 4. The van der Waals surface area contributed by atoms with E-state index in [0.717, 1.165) is 0 Å². The van der Waals surface area contributed by atoms with Gasteiger partial charge >= 0.3 is 5.97 Å². The zero-order chi connectivity index (χ0) is 11.3. The molecule has 1 rings (SSSR count). The highest BCUT2D eigenvalue weighted by molar-refractivity contribution is 7.99. The Bertz CT molecular complexity index is 381. The number of carbonyl (C=O) groups excluding carboxylic acids is 1. The molecule has 0 aromatic carbocycles. The summed E-state index contributed by atoms with van der Waals surface area (Å²) in [4.78, 5) is 25.5. The van der Waals surface area contributed by atoms with Gasteiger partial charge in [-0.1, -0.05) is 11.8 Å². The van der Waals surface area contributed by atoms with Gasteiger partial charge in [-0.15, -0.1) is 0 Å². The topological polar surface area (TPSA) is 79.3 Å². The van der Waals surface area contributed by atoms with Crippen molar-refractivity contribution >= 4 is 23.6 Å². The van der Waals surface area contributed by atoms with Crippen LogP contribution in [0.3, 0.4) is 0 Å². The van der Waals surface area contributed by atoms with Gasteiger partial charge in [0.25, 0.3) is 0 Å². The van der Waals surface area contributed by atoms with Gasteiger partial charge in [0.15, 0.2) is 0 Å². The van der Waals surface area contributed by atoms with Crippen molar-refractivity contribution in [2.24, 2.45) is 0 Å². The smallest absolute Gasteiger partial charge is 0.335 e. The molecule has 1 aromatic heterocycles. The molecule has 0 fully saturated rings. The molecule has 1 heterocycles. The van der Waals surface area contributed by atoms with Gasteiger partial charge in [0.1, 0.15) is 0 Å². The maximum Gasteiger partial charge on any atom is 0.335 e. The number of thioether (sulfide) groups is 1. The fourth-order valence-electron chi connectivity index (χ4n) is 0.833. The fourth-order valence-corrected chi connectivity index (χ4v) is 1.60. The lowest BCUT2D eigenvalue weighted by molar-refractivity contribution is -0.118. The van der Waals surface area contributed by atoms with E-state index in [1.165, 1.54) is 30.1 Å². The Morgan fingerprint density at radius 1 is 1.60 bits per heavy atom. The van der Waals surface area contributed by atoms with Crippen molar-refractivity contribution in [3.05, 3.63) is 23.9 Å². The number of pyridine rings is 1. The molecule has 1 aromatic rings. The van der Waals surface area contributed by atoms with Crippen molar-refractivity contribution in [1.82, 2.24) is 10.3 Å². The van der Waals surface area contributed by atoms with Gasteiger partial charge in [-0.2, -0.15) is 0 Å². The quantitative estimate of drug-likeness (QED) is 0.736. The number of nitrogens with one attached hydrogen (secondary N) is 1. The van der Waals surface area contributed by atoms with Gasteiger partial charge in [-0.05, 0) is 12.1 Å². The maximum atomic E-state index is 10.9. The summed E-state index contributed by atoms with van der Waals surface area (Å²) in [6.07, 6.45) is 1.41. The molecule has 15 heavy (non-hydrogen) atoms. The second-order valence-electron chi connectivity index (χ2n) is 2.65. The molecule has 0 spiro atoms. The molecule has 0 aliphatic rings. The summed E-state index contributed by atoms with van der Waals surface area (Å²) in [5.41, 5.74) is 0.171. The fraction of sp³-hybridized carbons (Fsp3) is 0.222. The average Bonchev–Trinajstić information content (AvgIpc) is 2.26. The summed E-state index contributed by atoms with van der Waals surface area (Å²) in [7, 11) is 1.55. The number of carboxylic acid groups (broad SMARTS) is 1. The molecule has 5 nitrogen and oxygen atoms in total. The lowest BCUT2D eigenvalue weighted by Crippen LogP contribution is -2.19. The van der Waals surface area contributed by atoms with Crippen molar-refractivity contribution in [1.29, 1.82) is 0 Å². The van der Waals surface area contributed by atoms with Crippen LogP contribution in [0, 0.1) is 0 Å².